The number of halogens is 1. The van der Waals surface area contributed by atoms with Gasteiger partial charge in [-0.25, -0.2) is 17.1 Å². The van der Waals surface area contributed by atoms with Crippen molar-refractivity contribution in [1.29, 1.82) is 0 Å². The van der Waals surface area contributed by atoms with Gasteiger partial charge >= 0.3 is 0 Å². The highest BCUT2D eigenvalue weighted by Crippen LogP contribution is 2.44. The number of sulfonamides is 1. The number of benzene rings is 2. The predicted octanol–water partition coefficient (Wildman–Crippen LogP) is 3.01. The average Bonchev–Trinajstić information content (AvgIpc) is 2.57. The number of rotatable bonds is 5. The molecule has 1 atom stereocenters. The number of hydrogen-bond donors (Lipinski definition) is 1. The summed E-state index contributed by atoms with van der Waals surface area (Å²) in [6.07, 6.45) is 0.954. The van der Waals surface area contributed by atoms with E-state index < -0.39 is 21.3 Å². The Balaban J connectivity index is 2.10. The second-order valence-electron chi connectivity index (χ2n) is 5.52. The first-order valence-corrected chi connectivity index (χ1v) is 9.25. The van der Waals surface area contributed by atoms with Crippen LogP contribution < -0.4 is 14.4 Å². The molecule has 7 heteroatoms. The molecule has 1 aliphatic heterocycles. The molecule has 5 nitrogen and oxygen atoms in total. The normalized spacial score (nSPS) is 18.8. The Morgan fingerprint density at radius 2 is 1.92 bits per heavy atom. The summed E-state index contributed by atoms with van der Waals surface area (Å²) in [5.41, 5.74) is -0.709. The highest BCUT2D eigenvalue weighted by Gasteiger charge is 2.42. The Morgan fingerprint density at radius 1 is 1.17 bits per heavy atom. The van der Waals surface area contributed by atoms with Crippen molar-refractivity contribution >= 4 is 21.4 Å². The Labute approximate surface area is 141 Å². The third-order valence-electron chi connectivity index (χ3n) is 3.86. The molecule has 3 rings (SSSR count). The highest BCUT2D eigenvalue weighted by molar-refractivity contribution is 7.93. The molecule has 0 saturated heterocycles. The van der Waals surface area contributed by atoms with E-state index in [0.29, 0.717) is 25.1 Å². The molecule has 0 amide bonds. The molecule has 0 aliphatic carbocycles. The molecular weight excluding hydrogens is 331 g/mol. The quantitative estimate of drug-likeness (QED) is 0.842. The van der Waals surface area contributed by atoms with E-state index in [-0.39, 0.29) is 11.4 Å². The van der Waals surface area contributed by atoms with E-state index >= 15 is 0 Å². The van der Waals surface area contributed by atoms with Crippen LogP contribution in [0.3, 0.4) is 0 Å². The molecule has 1 heterocycles. The van der Waals surface area contributed by atoms with Gasteiger partial charge in [0.15, 0.2) is 5.82 Å². The van der Waals surface area contributed by atoms with Crippen molar-refractivity contribution in [3.63, 3.8) is 0 Å². The van der Waals surface area contributed by atoms with Gasteiger partial charge in [0, 0.05) is 6.42 Å². The molecule has 0 aromatic heterocycles. The van der Waals surface area contributed by atoms with Crippen molar-refractivity contribution in [3.05, 3.63) is 54.3 Å². The Kier molecular flexibility index (Phi) is 4.73. The summed E-state index contributed by atoms with van der Waals surface area (Å²) in [5, 5.41) is 2.98. The maximum Gasteiger partial charge on any atom is 0.278 e. The number of hydrogen-bond acceptors (Lipinski definition) is 4. The summed E-state index contributed by atoms with van der Waals surface area (Å²) in [6, 6.07) is 12.8. The van der Waals surface area contributed by atoms with Gasteiger partial charge in [0.25, 0.3) is 10.0 Å². The molecule has 2 aromatic carbocycles. The third-order valence-corrected chi connectivity index (χ3v) is 5.75. The number of para-hydroxylation sites is 2. The lowest BCUT2D eigenvalue weighted by atomic mass is 10.2. The van der Waals surface area contributed by atoms with Gasteiger partial charge in [0.1, 0.15) is 11.4 Å². The molecule has 1 N–H and O–H groups in total. The number of nitrogens with one attached hydrogen (secondary N) is 1. The molecule has 0 fully saturated rings. The van der Waals surface area contributed by atoms with E-state index in [2.05, 4.69) is 5.32 Å². The van der Waals surface area contributed by atoms with Crippen LogP contribution in [0.15, 0.2) is 48.5 Å². The van der Waals surface area contributed by atoms with E-state index in [0.717, 1.165) is 4.31 Å². The van der Waals surface area contributed by atoms with Crippen molar-refractivity contribution in [1.82, 2.24) is 5.32 Å². The second kappa shape index (κ2) is 6.78. The minimum absolute atomic E-state index is 0.0615. The average molecular weight is 350 g/mol. The first kappa shape index (κ1) is 16.7. The summed E-state index contributed by atoms with van der Waals surface area (Å²) < 4.78 is 47.2. The predicted molar refractivity (Wildman–Crippen MR) is 91.5 cm³/mol. The lowest BCUT2D eigenvalue weighted by molar-refractivity contribution is 0.253. The van der Waals surface area contributed by atoms with Crippen LogP contribution in [0, 0.1) is 5.82 Å². The summed E-state index contributed by atoms with van der Waals surface area (Å²) in [6.45, 7) is 0.677. The van der Waals surface area contributed by atoms with E-state index in [1.807, 2.05) is 0 Å². The van der Waals surface area contributed by atoms with Gasteiger partial charge in [-0.3, -0.25) is 0 Å². The van der Waals surface area contributed by atoms with Crippen LogP contribution in [-0.2, 0) is 10.0 Å². The Hall–Kier alpha value is -2.12. The van der Waals surface area contributed by atoms with E-state index in [1.54, 1.807) is 43.4 Å². The van der Waals surface area contributed by atoms with Crippen LogP contribution in [0.1, 0.15) is 12.8 Å². The first-order valence-electron chi connectivity index (χ1n) is 7.74. The number of anilines is 2. The first-order chi connectivity index (χ1) is 11.6. The Bertz CT molecular complexity index is 812. The van der Waals surface area contributed by atoms with Crippen LogP contribution >= 0.6 is 0 Å². The summed E-state index contributed by atoms with van der Waals surface area (Å²) in [5.74, 6) is -0.392. The van der Waals surface area contributed by atoms with E-state index in [1.165, 1.54) is 12.1 Å². The molecular formula is C17H19FN2O3S. The van der Waals surface area contributed by atoms with E-state index in [4.69, 9.17) is 4.74 Å². The van der Waals surface area contributed by atoms with Crippen molar-refractivity contribution in [2.75, 3.05) is 17.9 Å². The van der Waals surface area contributed by atoms with Gasteiger partial charge in [-0.05, 0) is 44.3 Å². The maximum atomic E-state index is 14.4. The molecule has 2 aromatic rings. The topological polar surface area (TPSA) is 58.6 Å². The molecule has 1 aliphatic rings. The second-order valence-corrected chi connectivity index (χ2v) is 7.45. The summed E-state index contributed by atoms with van der Waals surface area (Å²) in [4.78, 5) is 0. The van der Waals surface area contributed by atoms with Crippen LogP contribution in [0.5, 0.6) is 5.75 Å². The fourth-order valence-corrected chi connectivity index (χ4v) is 4.50. The van der Waals surface area contributed by atoms with Crippen LogP contribution in [0.4, 0.5) is 15.8 Å². The highest BCUT2D eigenvalue weighted by atomic mass is 32.2. The zero-order chi connectivity index (χ0) is 17.2. The minimum Gasteiger partial charge on any atom is -0.470 e. The third kappa shape index (κ3) is 2.97. The molecule has 0 radical (unpaired) electrons. The number of ether oxygens (including phenoxy) is 1. The molecule has 0 spiro atoms. The summed E-state index contributed by atoms with van der Waals surface area (Å²) in [7, 11) is -2.09. The van der Waals surface area contributed by atoms with Gasteiger partial charge in [-0.1, -0.05) is 24.3 Å². The number of nitrogens with zero attached hydrogens (tertiary/aromatic N) is 1. The molecule has 24 heavy (non-hydrogen) atoms. The van der Waals surface area contributed by atoms with Gasteiger partial charge < -0.3 is 10.1 Å². The van der Waals surface area contributed by atoms with Crippen LogP contribution in [-0.4, -0.2) is 27.4 Å². The van der Waals surface area contributed by atoms with Crippen molar-refractivity contribution in [3.8, 4) is 5.75 Å². The largest absolute Gasteiger partial charge is 0.470 e. The molecule has 0 bridgehead atoms. The van der Waals surface area contributed by atoms with Crippen molar-refractivity contribution in [2.24, 2.45) is 0 Å². The van der Waals surface area contributed by atoms with Gasteiger partial charge in [0.2, 0.25) is 5.44 Å². The van der Waals surface area contributed by atoms with Gasteiger partial charge in [-0.2, -0.15) is 0 Å². The van der Waals surface area contributed by atoms with Crippen LogP contribution in [0.25, 0.3) is 0 Å². The lowest BCUT2D eigenvalue weighted by Crippen LogP contribution is -2.43. The summed E-state index contributed by atoms with van der Waals surface area (Å²) >= 11 is 0. The standard InChI is InChI=1S/C17H19FN2O3S/c1-19-12-6-11-16-23-15-10-5-9-14(18)17(15)20(24(16,21)22)13-7-3-2-4-8-13/h2-5,7-10,16,19H,6,11-12H2,1H3. The monoisotopic (exact) mass is 350 g/mol. The molecule has 128 valence electrons. The minimum atomic E-state index is -3.89. The van der Waals surface area contributed by atoms with Crippen LogP contribution in [0.2, 0.25) is 0 Å². The van der Waals surface area contributed by atoms with Gasteiger partial charge in [0.05, 0.1) is 5.69 Å². The smallest absolute Gasteiger partial charge is 0.278 e. The SMILES string of the molecule is CNCCCC1Oc2cccc(F)c2N(c2ccccc2)S1(=O)=O. The maximum absolute atomic E-state index is 14.4. The van der Waals surface area contributed by atoms with E-state index in [9.17, 15) is 12.8 Å². The zero-order valence-electron chi connectivity index (χ0n) is 13.3. The number of fused-ring (bicyclic) bond motifs is 1. The molecule has 0 saturated carbocycles. The van der Waals surface area contributed by atoms with Crippen molar-refractivity contribution in [2.45, 2.75) is 18.3 Å². The zero-order valence-corrected chi connectivity index (χ0v) is 14.1. The molecule has 1 unspecified atom stereocenters. The van der Waals surface area contributed by atoms with Crippen molar-refractivity contribution < 1.29 is 17.5 Å². The van der Waals surface area contributed by atoms with Gasteiger partial charge in [-0.15, -0.1) is 0 Å². The Morgan fingerprint density at radius 3 is 2.62 bits per heavy atom. The lowest BCUT2D eigenvalue weighted by Gasteiger charge is -2.35. The fourth-order valence-electron chi connectivity index (χ4n) is 2.73. The fraction of sp³-hybridized carbons (Fsp3) is 0.294.